The molecule has 8 heteroatoms. The molecule has 2 aromatic carbocycles. The lowest BCUT2D eigenvalue weighted by Gasteiger charge is -2.01. The van der Waals surface area contributed by atoms with Crippen molar-refractivity contribution in [3.63, 3.8) is 0 Å². The van der Waals surface area contributed by atoms with E-state index >= 15 is 0 Å². The van der Waals surface area contributed by atoms with E-state index in [0.717, 1.165) is 9.26 Å². The zero-order chi connectivity index (χ0) is 17.6. The Morgan fingerprint density at radius 2 is 2.04 bits per heavy atom. The van der Waals surface area contributed by atoms with Gasteiger partial charge in [0.15, 0.2) is 5.13 Å². The summed E-state index contributed by atoms with van der Waals surface area (Å²) in [7, 11) is 0. The molecule has 2 heterocycles. The molecule has 2 N–H and O–H groups in total. The van der Waals surface area contributed by atoms with Crippen molar-refractivity contribution in [3.05, 3.63) is 66.5 Å². The maximum absolute atomic E-state index is 12.3. The molecule has 0 bridgehead atoms. The highest BCUT2D eigenvalue weighted by atomic mass is 127. The predicted molar refractivity (Wildman–Crippen MR) is 106 cm³/mol. The lowest BCUT2D eigenvalue weighted by molar-refractivity contribution is -0.112. The van der Waals surface area contributed by atoms with Gasteiger partial charge in [-0.2, -0.15) is 4.98 Å². The third kappa shape index (κ3) is 3.14. The molecule has 124 valence electrons. The first kappa shape index (κ1) is 16.5. The second-order valence-electron chi connectivity index (χ2n) is 5.26. The molecule has 0 atom stereocenters. The van der Waals surface area contributed by atoms with Crippen LogP contribution in [-0.4, -0.2) is 16.0 Å². The summed E-state index contributed by atoms with van der Waals surface area (Å²) < 4.78 is 0.986. The Morgan fingerprint density at radius 1 is 1.20 bits per heavy atom. The third-order valence-corrected chi connectivity index (χ3v) is 5.46. The van der Waals surface area contributed by atoms with Crippen LogP contribution < -0.4 is 15.9 Å². The predicted octanol–water partition coefficient (Wildman–Crippen LogP) is 3.21. The molecule has 1 amide bonds. The first-order valence-electron chi connectivity index (χ1n) is 7.17. The Kier molecular flexibility index (Phi) is 4.22. The van der Waals surface area contributed by atoms with Crippen molar-refractivity contribution in [2.24, 2.45) is 4.99 Å². The summed E-state index contributed by atoms with van der Waals surface area (Å²) in [6, 6.07) is 12.7. The number of fused-ring (bicyclic) bond motifs is 1. The largest absolute Gasteiger partial charge is 0.492 e. The average molecular weight is 482 g/mol. The number of carbonyl (C=O) groups excluding carboxylic acids is 1. The van der Waals surface area contributed by atoms with Gasteiger partial charge in [-0.05, 0) is 59.0 Å². The number of aromatic nitrogens is 1. The number of halogens is 2. The molecule has 1 aromatic heterocycles. The molecule has 0 saturated heterocycles. The number of aromatic hydroxyl groups is 1. The molecule has 4 rings (SSSR count). The van der Waals surface area contributed by atoms with E-state index < -0.39 is 0 Å². The Morgan fingerprint density at radius 3 is 2.84 bits per heavy atom. The smallest absolute Gasteiger partial charge is 0.279 e. The monoisotopic (exact) mass is 481 g/mol. The molecule has 0 saturated carbocycles. The summed E-state index contributed by atoms with van der Waals surface area (Å²) in [6.45, 7) is 0. The fraction of sp³-hybridized carbons (Fsp3) is 0. The van der Waals surface area contributed by atoms with Gasteiger partial charge < -0.3 is 10.4 Å². The van der Waals surface area contributed by atoms with E-state index in [4.69, 9.17) is 11.6 Å². The van der Waals surface area contributed by atoms with Crippen LogP contribution in [-0.2, 0) is 4.79 Å². The Hall–Kier alpha value is -1.97. The van der Waals surface area contributed by atoms with Crippen molar-refractivity contribution in [2.75, 3.05) is 5.32 Å². The number of rotatable bonds is 3. The maximum Gasteiger partial charge on any atom is 0.279 e. The number of hydrogen-bond acceptors (Lipinski definition) is 5. The number of nitrogens with one attached hydrogen (secondary N) is 1. The number of hydrogen-bond donors (Lipinski definition) is 2. The molecule has 3 aromatic rings. The lowest BCUT2D eigenvalue weighted by Crippen LogP contribution is -2.23. The number of amides is 1. The molecule has 1 aliphatic rings. The van der Waals surface area contributed by atoms with Crippen LogP contribution in [0.4, 0.5) is 10.8 Å². The summed E-state index contributed by atoms with van der Waals surface area (Å²) in [5, 5.41) is 15.7. The van der Waals surface area contributed by atoms with Gasteiger partial charge in [0.1, 0.15) is 4.88 Å². The molecule has 1 aliphatic heterocycles. The molecule has 0 spiro atoms. The number of benzene rings is 2. The second-order valence-corrected chi connectivity index (χ2v) is 7.94. The van der Waals surface area contributed by atoms with Crippen LogP contribution in [0.25, 0.3) is 5.57 Å². The first-order chi connectivity index (χ1) is 12.0. The molecule has 0 radical (unpaired) electrons. The standard InChI is InChI=1S/C17H9ClIN3O2S/c18-8-2-1-3-10(6-8)20-17-22-16(24)14(25-17)13-11-7-9(19)4-5-12(11)21-15(13)23/h1-7,24H,(H,20,22). The van der Waals surface area contributed by atoms with E-state index in [1.165, 1.54) is 11.3 Å². The zero-order valence-corrected chi connectivity index (χ0v) is 16.2. The highest BCUT2D eigenvalue weighted by Crippen LogP contribution is 2.35. The van der Waals surface area contributed by atoms with Crippen LogP contribution in [0, 0.1) is 3.57 Å². The summed E-state index contributed by atoms with van der Waals surface area (Å²) in [5.74, 6) is -0.565. The van der Waals surface area contributed by atoms with Crippen molar-refractivity contribution in [1.29, 1.82) is 0 Å². The minimum Gasteiger partial charge on any atom is -0.492 e. The highest BCUT2D eigenvalue weighted by molar-refractivity contribution is 14.1. The van der Waals surface area contributed by atoms with Crippen LogP contribution in [0.5, 0.6) is 5.88 Å². The quantitative estimate of drug-likeness (QED) is 0.564. The van der Waals surface area contributed by atoms with Gasteiger partial charge in [0.2, 0.25) is 5.88 Å². The van der Waals surface area contributed by atoms with Crippen LogP contribution in [0.2, 0.25) is 5.02 Å². The SMILES string of the molecule is O=C1N=c2ccc(I)cc2=C1c1sc(Nc2cccc(Cl)c2)nc1O. The van der Waals surface area contributed by atoms with Gasteiger partial charge in [0.05, 0.1) is 10.9 Å². The Balaban J connectivity index is 1.80. The normalized spacial score (nSPS) is 12.9. The molecule has 25 heavy (non-hydrogen) atoms. The molecule has 5 nitrogen and oxygen atoms in total. The van der Waals surface area contributed by atoms with Gasteiger partial charge in [-0.25, -0.2) is 4.99 Å². The van der Waals surface area contributed by atoms with E-state index in [0.29, 0.717) is 31.2 Å². The number of anilines is 2. The van der Waals surface area contributed by atoms with Crippen LogP contribution in [0.1, 0.15) is 4.88 Å². The molecular weight excluding hydrogens is 473 g/mol. The lowest BCUT2D eigenvalue weighted by atomic mass is 10.1. The fourth-order valence-electron chi connectivity index (χ4n) is 2.52. The Labute approximate surface area is 164 Å². The average Bonchev–Trinajstić information content (AvgIpc) is 3.06. The summed E-state index contributed by atoms with van der Waals surface area (Å²) in [4.78, 5) is 20.9. The van der Waals surface area contributed by atoms with Gasteiger partial charge in [0.25, 0.3) is 5.91 Å². The van der Waals surface area contributed by atoms with E-state index in [1.807, 2.05) is 24.3 Å². The van der Waals surface area contributed by atoms with Gasteiger partial charge in [-0.3, -0.25) is 4.79 Å². The minimum absolute atomic E-state index is 0.195. The third-order valence-electron chi connectivity index (χ3n) is 3.58. The Bertz CT molecular complexity index is 1140. The van der Waals surface area contributed by atoms with Crippen LogP contribution in [0.15, 0.2) is 47.5 Å². The van der Waals surface area contributed by atoms with Crippen molar-refractivity contribution < 1.29 is 9.90 Å². The number of nitrogens with zero attached hydrogens (tertiary/aromatic N) is 2. The zero-order valence-electron chi connectivity index (χ0n) is 12.5. The number of carbonyl (C=O) groups is 1. The summed E-state index contributed by atoms with van der Waals surface area (Å²) in [5.41, 5.74) is 1.12. The maximum atomic E-state index is 12.3. The summed E-state index contributed by atoms with van der Waals surface area (Å²) >= 11 is 9.34. The van der Waals surface area contributed by atoms with Crippen molar-refractivity contribution in [1.82, 2.24) is 4.98 Å². The van der Waals surface area contributed by atoms with Crippen LogP contribution in [0.3, 0.4) is 0 Å². The highest BCUT2D eigenvalue weighted by Gasteiger charge is 2.24. The van der Waals surface area contributed by atoms with Crippen molar-refractivity contribution >= 4 is 67.8 Å². The van der Waals surface area contributed by atoms with Gasteiger partial charge in [-0.15, -0.1) is 0 Å². The van der Waals surface area contributed by atoms with E-state index in [9.17, 15) is 9.90 Å². The molecular formula is C17H9ClIN3O2S. The second kappa shape index (κ2) is 6.40. The van der Waals surface area contributed by atoms with Crippen LogP contribution >= 0.6 is 45.5 Å². The number of thiazole rings is 1. The topological polar surface area (TPSA) is 74.6 Å². The molecule has 0 fully saturated rings. The van der Waals surface area contributed by atoms with Gasteiger partial charge >= 0.3 is 0 Å². The summed E-state index contributed by atoms with van der Waals surface area (Å²) in [6.07, 6.45) is 0. The van der Waals surface area contributed by atoms with Gasteiger partial charge in [0, 0.05) is 19.5 Å². The molecule has 0 unspecified atom stereocenters. The fourth-order valence-corrected chi connectivity index (χ4v) is 4.14. The minimum atomic E-state index is -0.370. The van der Waals surface area contributed by atoms with E-state index in [1.54, 1.807) is 18.2 Å². The van der Waals surface area contributed by atoms with Crippen molar-refractivity contribution in [3.8, 4) is 5.88 Å². The first-order valence-corrected chi connectivity index (χ1v) is 9.44. The van der Waals surface area contributed by atoms with E-state index in [2.05, 4.69) is 37.9 Å². The molecule has 0 aliphatic carbocycles. The van der Waals surface area contributed by atoms with E-state index in [-0.39, 0.29) is 11.8 Å². The van der Waals surface area contributed by atoms with Gasteiger partial charge in [-0.1, -0.05) is 29.0 Å². The van der Waals surface area contributed by atoms with Crippen molar-refractivity contribution in [2.45, 2.75) is 0 Å².